The van der Waals surface area contributed by atoms with Crippen LogP contribution in [0.4, 0.5) is 4.79 Å². The number of aromatic nitrogens is 1. The van der Waals surface area contributed by atoms with E-state index in [-0.39, 0.29) is 0 Å². The predicted octanol–water partition coefficient (Wildman–Crippen LogP) is 2.61. The molecule has 0 saturated heterocycles. The van der Waals surface area contributed by atoms with Crippen LogP contribution in [0.2, 0.25) is 0 Å². The lowest BCUT2D eigenvalue weighted by atomic mass is 9.95. The number of hydrogen-bond donors (Lipinski definition) is 2. The van der Waals surface area contributed by atoms with Crippen LogP contribution < -0.4 is 11.2 Å². The van der Waals surface area contributed by atoms with Crippen molar-refractivity contribution >= 4 is 12.2 Å². The van der Waals surface area contributed by atoms with Crippen LogP contribution in [-0.4, -0.2) is 16.8 Å². The summed E-state index contributed by atoms with van der Waals surface area (Å²) in [4.78, 5) is 10.6. The van der Waals surface area contributed by atoms with Gasteiger partial charge in [0.15, 0.2) is 0 Å². The number of amides is 2. The quantitative estimate of drug-likeness (QED) is 0.638. The second-order valence-electron chi connectivity index (χ2n) is 5.22. The third-order valence-electron chi connectivity index (χ3n) is 3.84. The molecule has 5 heteroatoms. The molecule has 0 radical (unpaired) electrons. The van der Waals surface area contributed by atoms with Gasteiger partial charge < -0.3 is 10.3 Å². The van der Waals surface area contributed by atoms with Crippen molar-refractivity contribution in [3.63, 3.8) is 0 Å². The van der Waals surface area contributed by atoms with Gasteiger partial charge in [-0.15, -0.1) is 0 Å². The van der Waals surface area contributed by atoms with E-state index < -0.39 is 6.03 Å². The normalized spacial score (nSPS) is 16.9. The van der Waals surface area contributed by atoms with Gasteiger partial charge in [0, 0.05) is 23.0 Å². The largest absolute Gasteiger partial charge is 0.350 e. The molecule has 1 fully saturated rings. The summed E-state index contributed by atoms with van der Waals surface area (Å²) in [6.07, 6.45) is 8.15. The van der Waals surface area contributed by atoms with Crippen molar-refractivity contribution in [2.45, 2.75) is 52.0 Å². The maximum atomic E-state index is 10.6. The lowest BCUT2D eigenvalue weighted by Crippen LogP contribution is -2.24. The van der Waals surface area contributed by atoms with Gasteiger partial charge in [-0.3, -0.25) is 0 Å². The molecular formula is C14H22N4O. The number of nitrogens with two attached hydrogens (primary N) is 1. The second kappa shape index (κ2) is 5.91. The van der Waals surface area contributed by atoms with Gasteiger partial charge in [0.2, 0.25) is 0 Å². The van der Waals surface area contributed by atoms with E-state index in [1.54, 1.807) is 6.21 Å². The molecule has 1 aromatic rings. The first kappa shape index (κ1) is 13.6. The van der Waals surface area contributed by atoms with E-state index in [1.807, 2.05) is 0 Å². The van der Waals surface area contributed by atoms with Crippen molar-refractivity contribution in [3.8, 4) is 0 Å². The van der Waals surface area contributed by atoms with Crippen molar-refractivity contribution in [2.24, 2.45) is 10.8 Å². The van der Waals surface area contributed by atoms with Gasteiger partial charge in [0.25, 0.3) is 0 Å². The number of rotatable bonds is 3. The third kappa shape index (κ3) is 3.16. The highest BCUT2D eigenvalue weighted by molar-refractivity contribution is 5.83. The number of primary amides is 1. The van der Waals surface area contributed by atoms with E-state index in [4.69, 9.17) is 5.73 Å². The van der Waals surface area contributed by atoms with Gasteiger partial charge in [0.1, 0.15) is 0 Å². The fourth-order valence-electron chi connectivity index (χ4n) is 3.00. The number of carbonyl (C=O) groups excluding carboxylic acids is 1. The zero-order chi connectivity index (χ0) is 13.8. The van der Waals surface area contributed by atoms with Crippen LogP contribution in [0.15, 0.2) is 11.2 Å². The molecule has 0 unspecified atom stereocenters. The SMILES string of the molecule is Cc1cc(C=NNC(N)=O)c(C)n1C1CCCCC1. The average Bonchev–Trinajstić information content (AvgIpc) is 2.65. The highest BCUT2D eigenvalue weighted by atomic mass is 16.2. The van der Waals surface area contributed by atoms with E-state index in [0.29, 0.717) is 6.04 Å². The fourth-order valence-corrected chi connectivity index (χ4v) is 3.00. The van der Waals surface area contributed by atoms with Gasteiger partial charge in [-0.05, 0) is 32.8 Å². The highest BCUT2D eigenvalue weighted by Crippen LogP contribution is 2.31. The lowest BCUT2D eigenvalue weighted by Gasteiger charge is -2.26. The summed E-state index contributed by atoms with van der Waals surface area (Å²) < 4.78 is 2.41. The summed E-state index contributed by atoms with van der Waals surface area (Å²) in [5.74, 6) is 0. The van der Waals surface area contributed by atoms with Crippen molar-refractivity contribution in [1.82, 2.24) is 9.99 Å². The van der Waals surface area contributed by atoms with Gasteiger partial charge in [-0.25, -0.2) is 10.2 Å². The summed E-state index contributed by atoms with van der Waals surface area (Å²) in [7, 11) is 0. The average molecular weight is 262 g/mol. The third-order valence-corrected chi connectivity index (χ3v) is 3.84. The van der Waals surface area contributed by atoms with Crippen molar-refractivity contribution in [1.29, 1.82) is 0 Å². The summed E-state index contributed by atoms with van der Waals surface area (Å²) >= 11 is 0. The summed E-state index contributed by atoms with van der Waals surface area (Å²) in [6.45, 7) is 4.23. The molecule has 19 heavy (non-hydrogen) atoms. The van der Waals surface area contributed by atoms with Crippen LogP contribution in [-0.2, 0) is 0 Å². The van der Waals surface area contributed by atoms with E-state index in [0.717, 1.165) is 5.56 Å². The number of urea groups is 1. The van der Waals surface area contributed by atoms with Gasteiger partial charge in [-0.2, -0.15) is 5.10 Å². The van der Waals surface area contributed by atoms with Crippen LogP contribution in [0.1, 0.15) is 55.1 Å². The van der Waals surface area contributed by atoms with Crippen molar-refractivity contribution < 1.29 is 4.79 Å². The minimum absolute atomic E-state index is 0.611. The Bertz CT molecular complexity index is 484. The molecule has 1 aromatic heterocycles. The zero-order valence-electron chi connectivity index (χ0n) is 11.6. The van der Waals surface area contributed by atoms with Crippen LogP contribution in [0.5, 0.6) is 0 Å². The van der Waals surface area contributed by atoms with Crippen LogP contribution in [0.3, 0.4) is 0 Å². The topological polar surface area (TPSA) is 72.4 Å². The molecule has 3 N–H and O–H groups in total. The molecule has 0 atom stereocenters. The van der Waals surface area contributed by atoms with E-state index in [2.05, 4.69) is 35.0 Å². The van der Waals surface area contributed by atoms with E-state index in [9.17, 15) is 4.79 Å². The van der Waals surface area contributed by atoms with Crippen LogP contribution in [0.25, 0.3) is 0 Å². The molecule has 0 bridgehead atoms. The molecule has 5 nitrogen and oxygen atoms in total. The number of hydrogen-bond acceptors (Lipinski definition) is 2. The molecule has 0 aliphatic heterocycles. The Morgan fingerprint density at radius 2 is 2.11 bits per heavy atom. The molecule has 1 saturated carbocycles. The number of hydrazone groups is 1. The number of aryl methyl sites for hydroxylation is 1. The molecule has 104 valence electrons. The first-order chi connectivity index (χ1) is 9.09. The standard InChI is InChI=1S/C14H22N4O/c1-10-8-12(9-16-17-14(15)19)11(2)18(10)13-6-4-3-5-7-13/h8-9,13H,3-7H2,1-2H3,(H3,15,17,19). The van der Waals surface area contributed by atoms with E-state index in [1.165, 1.54) is 43.5 Å². The zero-order valence-corrected chi connectivity index (χ0v) is 11.6. The predicted molar refractivity (Wildman–Crippen MR) is 76.3 cm³/mol. The Morgan fingerprint density at radius 1 is 1.42 bits per heavy atom. The number of carbonyl (C=O) groups is 1. The highest BCUT2D eigenvalue weighted by Gasteiger charge is 2.19. The second-order valence-corrected chi connectivity index (χ2v) is 5.22. The summed E-state index contributed by atoms with van der Waals surface area (Å²) in [5.41, 5.74) is 10.7. The molecule has 0 aromatic carbocycles. The number of nitrogens with zero attached hydrogens (tertiary/aromatic N) is 2. The van der Waals surface area contributed by atoms with Gasteiger partial charge >= 0.3 is 6.03 Å². The molecule has 2 rings (SSSR count). The van der Waals surface area contributed by atoms with Crippen LogP contribution in [0, 0.1) is 13.8 Å². The molecule has 1 heterocycles. The van der Waals surface area contributed by atoms with Gasteiger partial charge in [-0.1, -0.05) is 19.3 Å². The maximum Gasteiger partial charge on any atom is 0.332 e. The Labute approximate surface area is 113 Å². The van der Waals surface area contributed by atoms with Gasteiger partial charge in [0.05, 0.1) is 6.21 Å². The van der Waals surface area contributed by atoms with Crippen LogP contribution >= 0.6 is 0 Å². The summed E-state index contributed by atoms with van der Waals surface area (Å²) in [5, 5.41) is 3.84. The molecular weight excluding hydrogens is 240 g/mol. The monoisotopic (exact) mass is 262 g/mol. The van der Waals surface area contributed by atoms with E-state index >= 15 is 0 Å². The molecule has 0 spiro atoms. The molecule has 2 amide bonds. The Kier molecular flexibility index (Phi) is 4.24. The van der Waals surface area contributed by atoms with Crippen molar-refractivity contribution in [3.05, 3.63) is 23.0 Å². The Morgan fingerprint density at radius 3 is 2.74 bits per heavy atom. The Hall–Kier alpha value is -1.78. The smallest absolute Gasteiger partial charge is 0.332 e. The maximum absolute atomic E-state index is 10.6. The van der Waals surface area contributed by atoms with Crippen molar-refractivity contribution in [2.75, 3.05) is 0 Å². The first-order valence-electron chi connectivity index (χ1n) is 6.86. The minimum atomic E-state index is -0.641. The minimum Gasteiger partial charge on any atom is -0.350 e. The molecule has 1 aliphatic carbocycles. The number of nitrogens with one attached hydrogen (secondary N) is 1. The summed E-state index contributed by atoms with van der Waals surface area (Å²) in [6, 6.07) is 2.08. The Balaban J connectivity index is 2.18. The first-order valence-corrected chi connectivity index (χ1v) is 6.86. The lowest BCUT2D eigenvalue weighted by molar-refractivity contribution is 0.249. The molecule has 1 aliphatic rings. The fraction of sp³-hybridized carbons (Fsp3) is 0.571.